The van der Waals surface area contributed by atoms with Crippen molar-refractivity contribution in [3.63, 3.8) is 0 Å². The zero-order valence-electron chi connectivity index (χ0n) is 11.0. The van der Waals surface area contributed by atoms with Gasteiger partial charge in [-0.05, 0) is 23.9 Å². The van der Waals surface area contributed by atoms with E-state index in [1.54, 1.807) is 7.11 Å². The van der Waals surface area contributed by atoms with E-state index in [1.165, 1.54) is 29.1 Å². The van der Waals surface area contributed by atoms with Crippen LogP contribution < -0.4 is 10.5 Å². The molecule has 0 radical (unpaired) electrons. The fourth-order valence-electron chi connectivity index (χ4n) is 1.62. The summed E-state index contributed by atoms with van der Waals surface area (Å²) in [5.41, 5.74) is 5.72. The van der Waals surface area contributed by atoms with E-state index in [9.17, 15) is 0 Å². The second kappa shape index (κ2) is 5.75. The second-order valence-electron chi connectivity index (χ2n) is 3.87. The summed E-state index contributed by atoms with van der Waals surface area (Å²) in [4.78, 5) is 17.2. The summed E-state index contributed by atoms with van der Waals surface area (Å²) < 4.78 is 6.72. The van der Waals surface area contributed by atoms with Gasteiger partial charge in [0.05, 0.1) is 12.0 Å². The molecule has 106 valence electrons. The monoisotopic (exact) mass is 301 g/mol. The van der Waals surface area contributed by atoms with Crippen molar-refractivity contribution < 1.29 is 4.74 Å². The minimum Gasteiger partial charge on any atom is -0.496 e. The van der Waals surface area contributed by atoms with Gasteiger partial charge < -0.3 is 10.5 Å². The van der Waals surface area contributed by atoms with Crippen molar-refractivity contribution in [2.75, 3.05) is 12.8 Å². The van der Waals surface area contributed by atoms with Crippen LogP contribution in [0, 0.1) is 0 Å². The molecule has 0 aliphatic rings. The highest BCUT2D eigenvalue weighted by Crippen LogP contribution is 2.32. The van der Waals surface area contributed by atoms with E-state index in [1.807, 2.05) is 24.3 Å². The van der Waals surface area contributed by atoms with E-state index in [-0.39, 0.29) is 5.95 Å². The molecule has 0 aliphatic carbocycles. The lowest BCUT2D eigenvalue weighted by Gasteiger charge is -2.07. The maximum Gasteiger partial charge on any atom is 0.257 e. The Morgan fingerprint density at radius 1 is 1.19 bits per heavy atom. The maximum atomic E-state index is 5.72. The highest BCUT2D eigenvalue weighted by Gasteiger charge is 2.11. The lowest BCUT2D eigenvalue weighted by atomic mass is 10.3. The molecule has 2 heterocycles. The van der Waals surface area contributed by atoms with Crippen molar-refractivity contribution in [2.45, 2.75) is 10.1 Å². The van der Waals surface area contributed by atoms with Crippen molar-refractivity contribution in [1.29, 1.82) is 0 Å². The Bertz CT molecular complexity index is 747. The summed E-state index contributed by atoms with van der Waals surface area (Å²) in [6, 6.07) is 7.59. The molecule has 0 bridgehead atoms. The van der Waals surface area contributed by atoms with Gasteiger partial charge in [-0.2, -0.15) is 24.7 Å². The highest BCUT2D eigenvalue weighted by atomic mass is 32.2. The lowest BCUT2D eigenvalue weighted by Crippen LogP contribution is -2.07. The average Bonchev–Trinajstić information content (AvgIpc) is 3.01. The molecule has 0 spiro atoms. The molecule has 0 saturated heterocycles. The fourth-order valence-corrected chi connectivity index (χ4v) is 2.48. The van der Waals surface area contributed by atoms with E-state index in [0.717, 1.165) is 10.6 Å². The summed E-state index contributed by atoms with van der Waals surface area (Å²) in [6.45, 7) is 0. The zero-order valence-corrected chi connectivity index (χ0v) is 11.9. The number of methoxy groups -OCH3 is 1. The maximum absolute atomic E-state index is 5.72. The Hall–Kier alpha value is -2.68. The van der Waals surface area contributed by atoms with Gasteiger partial charge in [0.1, 0.15) is 18.4 Å². The first-order chi connectivity index (χ1) is 10.3. The molecular formula is C12H11N7OS. The van der Waals surface area contributed by atoms with Crippen molar-refractivity contribution in [3.05, 3.63) is 36.9 Å². The Balaban J connectivity index is 1.96. The van der Waals surface area contributed by atoms with Crippen LogP contribution in [0.4, 0.5) is 5.95 Å². The third-order valence-corrected chi connectivity index (χ3v) is 3.44. The first-order valence-electron chi connectivity index (χ1n) is 5.93. The van der Waals surface area contributed by atoms with Gasteiger partial charge in [0.15, 0.2) is 5.16 Å². The Labute approximate surface area is 124 Å². The van der Waals surface area contributed by atoms with Crippen molar-refractivity contribution in [2.24, 2.45) is 0 Å². The van der Waals surface area contributed by atoms with Gasteiger partial charge in [-0.3, -0.25) is 0 Å². The van der Waals surface area contributed by atoms with Gasteiger partial charge >= 0.3 is 0 Å². The number of anilines is 1. The number of hydrogen-bond donors (Lipinski definition) is 1. The van der Waals surface area contributed by atoms with Crippen LogP contribution in [-0.2, 0) is 0 Å². The fraction of sp³-hybridized carbons (Fsp3) is 0.0833. The number of rotatable bonds is 4. The molecule has 21 heavy (non-hydrogen) atoms. The summed E-state index contributed by atoms with van der Waals surface area (Å²) >= 11 is 1.34. The molecule has 0 saturated carbocycles. The minimum atomic E-state index is 0.118. The standard InChI is InChI=1S/C12H11N7OS/c1-20-8-4-2-3-5-9(8)21-12-17-10(13)16-11(18-12)19-7-14-6-15-19/h2-7H,1H3,(H2,13,16,17,18). The quantitative estimate of drug-likeness (QED) is 0.766. The molecule has 0 atom stereocenters. The number of nitrogen functional groups attached to an aromatic ring is 1. The zero-order chi connectivity index (χ0) is 14.7. The molecule has 2 aromatic heterocycles. The molecule has 9 heteroatoms. The molecule has 1 aromatic carbocycles. The van der Waals surface area contributed by atoms with Crippen LogP contribution in [0.15, 0.2) is 47.0 Å². The number of aromatic nitrogens is 6. The summed E-state index contributed by atoms with van der Waals surface area (Å²) in [6.07, 6.45) is 2.89. The van der Waals surface area contributed by atoms with Gasteiger partial charge in [-0.1, -0.05) is 12.1 Å². The van der Waals surface area contributed by atoms with E-state index >= 15 is 0 Å². The first-order valence-corrected chi connectivity index (χ1v) is 6.75. The molecule has 0 amide bonds. The summed E-state index contributed by atoms with van der Waals surface area (Å²) in [5.74, 6) is 1.18. The molecular weight excluding hydrogens is 290 g/mol. The Kier molecular flexibility index (Phi) is 3.65. The van der Waals surface area contributed by atoms with Gasteiger partial charge in [-0.15, -0.1) is 0 Å². The minimum absolute atomic E-state index is 0.118. The topological polar surface area (TPSA) is 105 Å². The van der Waals surface area contributed by atoms with Crippen LogP contribution in [0.25, 0.3) is 5.95 Å². The number of benzene rings is 1. The van der Waals surface area contributed by atoms with Crippen LogP contribution >= 0.6 is 11.8 Å². The normalized spacial score (nSPS) is 10.5. The molecule has 0 fully saturated rings. The molecule has 2 N–H and O–H groups in total. The molecule has 0 aliphatic heterocycles. The van der Waals surface area contributed by atoms with Gasteiger partial charge in [-0.25, -0.2) is 4.98 Å². The SMILES string of the molecule is COc1ccccc1Sc1nc(N)nc(-n2cncn2)n1. The number of nitrogens with two attached hydrogens (primary N) is 1. The molecule has 3 aromatic rings. The number of para-hydroxylation sites is 1. The largest absolute Gasteiger partial charge is 0.496 e. The smallest absolute Gasteiger partial charge is 0.257 e. The van der Waals surface area contributed by atoms with Crippen LogP contribution in [0.5, 0.6) is 5.75 Å². The average molecular weight is 301 g/mol. The van der Waals surface area contributed by atoms with Crippen molar-refractivity contribution in [1.82, 2.24) is 29.7 Å². The third-order valence-electron chi connectivity index (χ3n) is 2.51. The van der Waals surface area contributed by atoms with Gasteiger partial charge in [0, 0.05) is 0 Å². The van der Waals surface area contributed by atoms with E-state index < -0.39 is 0 Å². The van der Waals surface area contributed by atoms with E-state index in [4.69, 9.17) is 10.5 Å². The van der Waals surface area contributed by atoms with Crippen molar-refractivity contribution >= 4 is 17.7 Å². The van der Waals surface area contributed by atoms with Gasteiger partial charge in [0.25, 0.3) is 5.95 Å². The summed E-state index contributed by atoms with van der Waals surface area (Å²) in [5, 5.41) is 4.43. The van der Waals surface area contributed by atoms with Crippen LogP contribution in [0.1, 0.15) is 0 Å². The van der Waals surface area contributed by atoms with Crippen LogP contribution in [0.2, 0.25) is 0 Å². The number of hydrogen-bond acceptors (Lipinski definition) is 8. The predicted molar refractivity (Wildman–Crippen MR) is 76.3 cm³/mol. The number of ether oxygens (including phenoxy) is 1. The van der Waals surface area contributed by atoms with Crippen molar-refractivity contribution in [3.8, 4) is 11.7 Å². The lowest BCUT2D eigenvalue weighted by molar-refractivity contribution is 0.405. The molecule has 8 nitrogen and oxygen atoms in total. The van der Waals surface area contributed by atoms with Gasteiger partial charge in [0.2, 0.25) is 5.95 Å². The van der Waals surface area contributed by atoms with E-state index in [2.05, 4.69) is 25.0 Å². The van der Waals surface area contributed by atoms with Crippen LogP contribution in [0.3, 0.4) is 0 Å². The Morgan fingerprint density at radius 3 is 2.81 bits per heavy atom. The Morgan fingerprint density at radius 2 is 2.05 bits per heavy atom. The molecule has 0 unspecified atom stereocenters. The number of nitrogens with zero attached hydrogens (tertiary/aromatic N) is 6. The third kappa shape index (κ3) is 2.92. The first kappa shape index (κ1) is 13.3. The summed E-state index contributed by atoms with van der Waals surface area (Å²) in [7, 11) is 1.61. The molecule has 3 rings (SSSR count). The van der Waals surface area contributed by atoms with Crippen LogP contribution in [-0.4, -0.2) is 36.8 Å². The predicted octanol–water partition coefficient (Wildman–Crippen LogP) is 1.19. The second-order valence-corrected chi connectivity index (χ2v) is 4.88. The van der Waals surface area contributed by atoms with E-state index in [0.29, 0.717) is 11.1 Å². The highest BCUT2D eigenvalue weighted by molar-refractivity contribution is 7.99.